The number of carbonyl (C=O) groups is 1. The van der Waals surface area contributed by atoms with Crippen LogP contribution in [0.5, 0.6) is 5.75 Å². The fourth-order valence-electron chi connectivity index (χ4n) is 0.848. The van der Waals surface area contributed by atoms with Crippen molar-refractivity contribution < 1.29 is 22.1 Å². The van der Waals surface area contributed by atoms with Gasteiger partial charge in [-0.3, -0.25) is 4.79 Å². The molecule has 2 radical (unpaired) electrons. The first-order valence-electron chi connectivity index (χ1n) is 4.72. The molecule has 0 atom stereocenters. The van der Waals surface area contributed by atoms with Gasteiger partial charge in [-0.05, 0) is 19.1 Å². The predicted molar refractivity (Wildman–Crippen MR) is 68.3 cm³/mol. The molecule has 2 N–H and O–H groups in total. The molecule has 0 aromatic heterocycles. The van der Waals surface area contributed by atoms with Gasteiger partial charge in [-0.1, -0.05) is 6.07 Å². The van der Waals surface area contributed by atoms with E-state index in [1.54, 1.807) is 19.1 Å². The van der Waals surface area contributed by atoms with Gasteiger partial charge in [0.2, 0.25) is 0 Å². The van der Waals surface area contributed by atoms with Gasteiger partial charge in [0, 0.05) is 18.7 Å². The van der Waals surface area contributed by atoms with Crippen LogP contribution >= 0.6 is 0 Å². The molecule has 8 heteroatoms. The SMILES string of the molecule is CCOC(C)=O.Nc1cccc(O[S-](=O)=O)c1.[Al+]. The zero-order valence-electron chi connectivity index (χ0n) is 10.1. The third kappa shape index (κ3) is 11.3. The molecule has 1 rings (SSSR count). The summed E-state index contributed by atoms with van der Waals surface area (Å²) in [6.45, 7) is 3.65. The first kappa shape index (κ1) is 19.1. The number of nitrogen functional groups attached to an aromatic ring is 1. The van der Waals surface area contributed by atoms with Crippen LogP contribution in [0.4, 0.5) is 5.69 Å². The van der Waals surface area contributed by atoms with Crippen molar-refractivity contribution in [2.75, 3.05) is 12.3 Å². The maximum absolute atomic E-state index is 10.0. The minimum atomic E-state index is -2.53. The Bertz CT molecular complexity index is 428. The van der Waals surface area contributed by atoms with Crippen molar-refractivity contribution in [3.8, 4) is 5.75 Å². The Kier molecular flexibility index (Phi) is 11.6. The molecule has 0 bridgehead atoms. The maximum atomic E-state index is 10.0. The van der Waals surface area contributed by atoms with E-state index in [2.05, 4.69) is 8.92 Å². The second-order valence-electron chi connectivity index (χ2n) is 2.78. The molecular formula is C10H14AlNO5S. The monoisotopic (exact) mass is 287 g/mol. The van der Waals surface area contributed by atoms with E-state index < -0.39 is 11.0 Å². The summed E-state index contributed by atoms with van der Waals surface area (Å²) >= 11 is 0. The van der Waals surface area contributed by atoms with Crippen molar-refractivity contribution in [3.05, 3.63) is 24.3 Å². The summed E-state index contributed by atoms with van der Waals surface area (Å²) in [4.78, 5) is 9.82. The first-order valence-corrected chi connectivity index (χ1v) is 5.72. The van der Waals surface area contributed by atoms with E-state index in [4.69, 9.17) is 5.73 Å². The molecule has 98 valence electrons. The Labute approximate surface area is 118 Å². The second kappa shape index (κ2) is 10.9. The summed E-state index contributed by atoms with van der Waals surface area (Å²) in [5.41, 5.74) is 5.82. The standard InChI is InChI=1S/C6H6NO3S.C4H8O2.Al/c7-5-2-1-3-6(4-5)10-11(8)9;1-3-6-4(2)5;/h1-4H,7H2;3H2,1-2H3;/q-1;;+1. The van der Waals surface area contributed by atoms with E-state index in [0.29, 0.717) is 12.3 Å². The van der Waals surface area contributed by atoms with Gasteiger partial charge >= 0.3 is 23.3 Å². The van der Waals surface area contributed by atoms with Crippen LogP contribution in [-0.4, -0.2) is 29.9 Å². The van der Waals surface area contributed by atoms with E-state index >= 15 is 0 Å². The third-order valence-corrected chi connectivity index (χ3v) is 1.70. The van der Waals surface area contributed by atoms with Gasteiger partial charge < -0.3 is 23.1 Å². The van der Waals surface area contributed by atoms with Crippen molar-refractivity contribution in [3.63, 3.8) is 0 Å². The van der Waals surface area contributed by atoms with Gasteiger partial charge in [0.25, 0.3) is 0 Å². The van der Waals surface area contributed by atoms with Crippen molar-refractivity contribution >= 4 is 40.0 Å². The van der Waals surface area contributed by atoms with Crippen LogP contribution in [0.2, 0.25) is 0 Å². The van der Waals surface area contributed by atoms with Crippen LogP contribution in [0.15, 0.2) is 24.3 Å². The fraction of sp³-hybridized carbons (Fsp3) is 0.300. The number of nitrogens with two attached hydrogens (primary N) is 1. The van der Waals surface area contributed by atoms with Crippen LogP contribution in [0.25, 0.3) is 0 Å². The third-order valence-electron chi connectivity index (χ3n) is 1.37. The normalized spacial score (nSPS) is 8.61. The Balaban J connectivity index is 0. The number of ether oxygens (including phenoxy) is 1. The van der Waals surface area contributed by atoms with Crippen molar-refractivity contribution in [1.82, 2.24) is 0 Å². The number of rotatable bonds is 3. The Morgan fingerprint density at radius 3 is 2.33 bits per heavy atom. The fourth-order valence-corrected chi connectivity index (χ4v) is 1.11. The molecule has 0 saturated heterocycles. The quantitative estimate of drug-likeness (QED) is 0.386. The molecule has 1 aromatic carbocycles. The predicted octanol–water partition coefficient (Wildman–Crippen LogP) is 1.06. The summed E-state index contributed by atoms with van der Waals surface area (Å²) in [5, 5.41) is 0. The molecule has 0 heterocycles. The molecule has 0 amide bonds. The van der Waals surface area contributed by atoms with Crippen LogP contribution in [0.1, 0.15) is 13.8 Å². The second-order valence-corrected chi connectivity index (χ2v) is 3.36. The molecule has 1 aromatic rings. The summed E-state index contributed by atoms with van der Waals surface area (Å²) in [7, 11) is -2.53. The van der Waals surface area contributed by atoms with Gasteiger partial charge in [-0.25, -0.2) is 0 Å². The molecule has 0 unspecified atom stereocenters. The summed E-state index contributed by atoms with van der Waals surface area (Å²) in [6.07, 6.45) is 0. The molecule has 0 fully saturated rings. The number of anilines is 1. The minimum Gasteiger partial charge on any atom is -0.533 e. The molecule has 18 heavy (non-hydrogen) atoms. The largest absolute Gasteiger partial charge is 1.00 e. The number of carbonyl (C=O) groups excluding carboxylic acids is 1. The average molecular weight is 287 g/mol. The van der Waals surface area contributed by atoms with E-state index in [0.717, 1.165) is 0 Å². The van der Waals surface area contributed by atoms with Crippen LogP contribution in [-0.2, 0) is 28.9 Å². The Morgan fingerprint density at radius 1 is 1.39 bits per heavy atom. The number of hydrogen-bond acceptors (Lipinski definition) is 7. The van der Waals surface area contributed by atoms with E-state index in [1.165, 1.54) is 19.1 Å². The van der Waals surface area contributed by atoms with Gasteiger partial charge in [0.15, 0.2) is 0 Å². The van der Waals surface area contributed by atoms with Crippen LogP contribution in [0, 0.1) is 0 Å². The topological polar surface area (TPSA) is 95.7 Å². The van der Waals surface area contributed by atoms with Gasteiger partial charge in [0.05, 0.1) is 6.61 Å². The van der Waals surface area contributed by atoms with Gasteiger partial charge in [0.1, 0.15) is 16.7 Å². The molecule has 0 saturated carbocycles. The Morgan fingerprint density at radius 2 is 2.00 bits per heavy atom. The van der Waals surface area contributed by atoms with Crippen LogP contribution in [0.3, 0.4) is 0 Å². The number of hydrogen-bond donors (Lipinski definition) is 1. The molecule has 0 spiro atoms. The van der Waals surface area contributed by atoms with E-state index in [-0.39, 0.29) is 29.1 Å². The first-order chi connectivity index (χ1) is 7.95. The summed E-state index contributed by atoms with van der Waals surface area (Å²) < 4.78 is 28.8. The smallest absolute Gasteiger partial charge is 0.533 e. The van der Waals surface area contributed by atoms with Crippen LogP contribution < -0.4 is 9.92 Å². The zero-order valence-corrected chi connectivity index (χ0v) is 12.1. The van der Waals surface area contributed by atoms with E-state index in [1.807, 2.05) is 0 Å². The van der Waals surface area contributed by atoms with Crippen molar-refractivity contribution in [2.24, 2.45) is 0 Å². The van der Waals surface area contributed by atoms with Gasteiger partial charge in [-0.15, -0.1) is 0 Å². The molecule has 6 nitrogen and oxygen atoms in total. The molecule has 0 aliphatic carbocycles. The number of benzene rings is 1. The van der Waals surface area contributed by atoms with Gasteiger partial charge in [-0.2, -0.15) is 0 Å². The van der Waals surface area contributed by atoms with Crippen molar-refractivity contribution in [1.29, 1.82) is 0 Å². The summed E-state index contributed by atoms with van der Waals surface area (Å²) in [6, 6.07) is 6.18. The molecule has 0 aliphatic rings. The molecule has 0 aliphatic heterocycles. The number of esters is 1. The average Bonchev–Trinajstić information content (AvgIpc) is 2.16. The zero-order chi connectivity index (χ0) is 13.3. The Hall–Kier alpha value is -1.23. The van der Waals surface area contributed by atoms with Crippen molar-refractivity contribution in [2.45, 2.75) is 13.8 Å². The minimum absolute atomic E-state index is 0. The van der Waals surface area contributed by atoms with E-state index in [9.17, 15) is 13.2 Å². The maximum Gasteiger partial charge on any atom is 1.00 e. The summed E-state index contributed by atoms with van der Waals surface area (Å²) in [5.74, 6) is 0.0100. The molecular weight excluding hydrogens is 273 g/mol.